The van der Waals surface area contributed by atoms with Crippen molar-refractivity contribution in [1.29, 1.82) is 0 Å². The number of carbonyl (C=O) groups is 1. The van der Waals surface area contributed by atoms with Crippen LogP contribution in [-0.4, -0.2) is 42.0 Å². The Morgan fingerprint density at radius 1 is 1.40 bits per heavy atom. The van der Waals surface area contributed by atoms with E-state index < -0.39 is 0 Å². The molecular formula is C16H23N3O. The van der Waals surface area contributed by atoms with Crippen molar-refractivity contribution >= 4 is 11.7 Å². The number of amides is 1. The molecule has 108 valence electrons. The van der Waals surface area contributed by atoms with E-state index in [0.29, 0.717) is 17.9 Å². The van der Waals surface area contributed by atoms with E-state index in [0.717, 1.165) is 44.6 Å². The zero-order valence-electron chi connectivity index (χ0n) is 12.4. The maximum Gasteiger partial charge on any atom is 0.225 e. The van der Waals surface area contributed by atoms with Gasteiger partial charge in [0.2, 0.25) is 5.91 Å². The van der Waals surface area contributed by atoms with Crippen LogP contribution in [-0.2, 0) is 4.79 Å². The molecule has 1 aliphatic heterocycles. The number of carbonyl (C=O) groups excluding carboxylic acids is 1. The van der Waals surface area contributed by atoms with E-state index in [9.17, 15) is 4.79 Å². The highest BCUT2D eigenvalue weighted by Gasteiger charge is 2.35. The fraction of sp³-hybridized carbons (Fsp3) is 0.625. The van der Waals surface area contributed by atoms with Crippen molar-refractivity contribution in [2.24, 2.45) is 5.92 Å². The third kappa shape index (κ3) is 2.79. The van der Waals surface area contributed by atoms with Crippen LogP contribution >= 0.6 is 0 Å². The Morgan fingerprint density at radius 2 is 2.20 bits per heavy atom. The molecule has 1 amide bonds. The van der Waals surface area contributed by atoms with Gasteiger partial charge in [-0.15, -0.1) is 0 Å². The van der Waals surface area contributed by atoms with Crippen LogP contribution < -0.4 is 4.90 Å². The lowest BCUT2D eigenvalue weighted by atomic mass is 10.0. The highest BCUT2D eigenvalue weighted by Crippen LogP contribution is 2.32. The molecule has 1 saturated heterocycles. The summed E-state index contributed by atoms with van der Waals surface area (Å²) in [4.78, 5) is 21.0. The SMILES string of the molecule is Cc1ccnc(N2CCCC(N(C)C(=O)C3CC3)C2)c1. The maximum atomic E-state index is 12.2. The van der Waals surface area contributed by atoms with E-state index in [1.54, 1.807) is 0 Å². The minimum Gasteiger partial charge on any atom is -0.355 e. The van der Waals surface area contributed by atoms with Crippen LogP contribution in [0.25, 0.3) is 0 Å². The molecular weight excluding hydrogens is 250 g/mol. The van der Waals surface area contributed by atoms with Gasteiger partial charge in [0.25, 0.3) is 0 Å². The first kappa shape index (κ1) is 13.4. The molecule has 1 saturated carbocycles. The number of aromatic nitrogens is 1. The minimum atomic E-state index is 0.312. The molecule has 1 aliphatic carbocycles. The summed E-state index contributed by atoms with van der Waals surface area (Å²) in [7, 11) is 1.97. The summed E-state index contributed by atoms with van der Waals surface area (Å²) < 4.78 is 0. The number of pyridine rings is 1. The van der Waals surface area contributed by atoms with Gasteiger partial charge < -0.3 is 9.80 Å². The van der Waals surface area contributed by atoms with Gasteiger partial charge in [-0.2, -0.15) is 0 Å². The number of nitrogens with zero attached hydrogens (tertiary/aromatic N) is 3. The molecule has 0 aromatic carbocycles. The van der Waals surface area contributed by atoms with Crippen LogP contribution in [0.5, 0.6) is 0 Å². The molecule has 0 bridgehead atoms. The van der Waals surface area contributed by atoms with Gasteiger partial charge in [0.15, 0.2) is 0 Å². The van der Waals surface area contributed by atoms with E-state index in [1.165, 1.54) is 5.56 Å². The Kier molecular flexibility index (Phi) is 3.64. The number of aryl methyl sites for hydroxylation is 1. The molecule has 20 heavy (non-hydrogen) atoms. The lowest BCUT2D eigenvalue weighted by Gasteiger charge is -2.38. The highest BCUT2D eigenvalue weighted by molar-refractivity contribution is 5.81. The van der Waals surface area contributed by atoms with Crippen LogP contribution in [0.4, 0.5) is 5.82 Å². The largest absolute Gasteiger partial charge is 0.355 e. The number of piperidine rings is 1. The molecule has 2 heterocycles. The van der Waals surface area contributed by atoms with Gasteiger partial charge in [-0.1, -0.05) is 0 Å². The molecule has 0 spiro atoms. The summed E-state index contributed by atoms with van der Waals surface area (Å²) in [5.41, 5.74) is 1.24. The van der Waals surface area contributed by atoms with Crippen molar-refractivity contribution in [1.82, 2.24) is 9.88 Å². The second-order valence-corrected chi connectivity index (χ2v) is 6.16. The summed E-state index contributed by atoms with van der Waals surface area (Å²) in [6.07, 6.45) is 6.27. The average molecular weight is 273 g/mol. The van der Waals surface area contributed by atoms with Crippen molar-refractivity contribution in [2.75, 3.05) is 25.0 Å². The van der Waals surface area contributed by atoms with E-state index >= 15 is 0 Å². The third-order valence-electron chi connectivity index (χ3n) is 4.44. The molecule has 2 fully saturated rings. The second-order valence-electron chi connectivity index (χ2n) is 6.16. The van der Waals surface area contributed by atoms with Crippen molar-refractivity contribution in [3.8, 4) is 0 Å². The summed E-state index contributed by atoms with van der Waals surface area (Å²) >= 11 is 0. The van der Waals surface area contributed by atoms with Crippen molar-refractivity contribution in [3.05, 3.63) is 23.9 Å². The van der Waals surface area contributed by atoms with Crippen molar-refractivity contribution < 1.29 is 4.79 Å². The Morgan fingerprint density at radius 3 is 2.90 bits per heavy atom. The first-order valence-corrected chi connectivity index (χ1v) is 7.59. The molecule has 1 atom stereocenters. The number of anilines is 1. The summed E-state index contributed by atoms with van der Waals surface area (Å²) in [5.74, 6) is 1.70. The van der Waals surface area contributed by atoms with Crippen LogP contribution in [0.1, 0.15) is 31.2 Å². The van der Waals surface area contributed by atoms with Gasteiger partial charge in [-0.3, -0.25) is 4.79 Å². The van der Waals surface area contributed by atoms with E-state index in [-0.39, 0.29) is 0 Å². The summed E-state index contributed by atoms with van der Waals surface area (Å²) in [6.45, 7) is 4.04. The molecule has 1 aromatic rings. The second kappa shape index (κ2) is 5.43. The normalized spacial score (nSPS) is 22.7. The predicted octanol–water partition coefficient (Wildman–Crippen LogP) is 2.23. The zero-order chi connectivity index (χ0) is 14.1. The van der Waals surface area contributed by atoms with Gasteiger partial charge in [-0.25, -0.2) is 4.98 Å². The van der Waals surface area contributed by atoms with Gasteiger partial charge in [0.05, 0.1) is 0 Å². The van der Waals surface area contributed by atoms with Crippen molar-refractivity contribution in [3.63, 3.8) is 0 Å². The van der Waals surface area contributed by atoms with Gasteiger partial charge in [0, 0.05) is 38.3 Å². The Labute approximate surface area is 120 Å². The first-order chi connectivity index (χ1) is 9.65. The fourth-order valence-corrected chi connectivity index (χ4v) is 2.97. The first-order valence-electron chi connectivity index (χ1n) is 7.59. The van der Waals surface area contributed by atoms with Gasteiger partial charge in [0.1, 0.15) is 5.82 Å². The Bertz CT molecular complexity index is 498. The fourth-order valence-electron chi connectivity index (χ4n) is 2.97. The lowest BCUT2D eigenvalue weighted by molar-refractivity contribution is -0.133. The number of likely N-dealkylation sites (N-methyl/N-ethyl adjacent to an activating group) is 1. The number of hydrogen-bond acceptors (Lipinski definition) is 3. The molecule has 2 aliphatic rings. The van der Waals surface area contributed by atoms with Gasteiger partial charge in [-0.05, 0) is 50.3 Å². The predicted molar refractivity (Wildman–Crippen MR) is 79.7 cm³/mol. The van der Waals surface area contributed by atoms with E-state index in [1.807, 2.05) is 24.2 Å². The molecule has 0 N–H and O–H groups in total. The molecule has 1 unspecified atom stereocenters. The minimum absolute atomic E-state index is 0.312. The summed E-state index contributed by atoms with van der Waals surface area (Å²) in [6, 6.07) is 4.48. The van der Waals surface area contributed by atoms with Gasteiger partial charge >= 0.3 is 0 Å². The van der Waals surface area contributed by atoms with E-state index in [2.05, 4.69) is 22.9 Å². The molecule has 4 heteroatoms. The molecule has 1 aromatic heterocycles. The molecule has 0 radical (unpaired) electrons. The third-order valence-corrected chi connectivity index (χ3v) is 4.44. The highest BCUT2D eigenvalue weighted by atomic mass is 16.2. The number of rotatable bonds is 3. The van der Waals surface area contributed by atoms with E-state index in [4.69, 9.17) is 0 Å². The monoisotopic (exact) mass is 273 g/mol. The van der Waals surface area contributed by atoms with Crippen LogP contribution in [0.15, 0.2) is 18.3 Å². The molecule has 4 nitrogen and oxygen atoms in total. The molecule has 3 rings (SSSR count). The standard InChI is InChI=1S/C16H23N3O/c1-12-7-8-17-15(10-12)19-9-3-4-14(11-19)18(2)16(20)13-5-6-13/h7-8,10,13-14H,3-6,9,11H2,1-2H3. The lowest BCUT2D eigenvalue weighted by Crippen LogP contribution is -2.49. The maximum absolute atomic E-state index is 12.2. The van der Waals surface area contributed by atoms with Crippen molar-refractivity contribution in [2.45, 2.75) is 38.6 Å². The Hall–Kier alpha value is -1.58. The smallest absolute Gasteiger partial charge is 0.225 e. The van der Waals surface area contributed by atoms with Crippen LogP contribution in [0.3, 0.4) is 0 Å². The van der Waals surface area contributed by atoms with Crippen LogP contribution in [0.2, 0.25) is 0 Å². The zero-order valence-corrected chi connectivity index (χ0v) is 12.4. The summed E-state index contributed by atoms with van der Waals surface area (Å²) in [5, 5.41) is 0. The van der Waals surface area contributed by atoms with Crippen LogP contribution in [0, 0.1) is 12.8 Å². The number of hydrogen-bond donors (Lipinski definition) is 0. The quantitative estimate of drug-likeness (QED) is 0.847. The topological polar surface area (TPSA) is 36.4 Å². The Balaban J connectivity index is 1.68. The average Bonchev–Trinajstić information content (AvgIpc) is 3.30.